The minimum Gasteiger partial charge on any atom is -0.507 e. The third kappa shape index (κ3) is 3.87. The van der Waals surface area contributed by atoms with Gasteiger partial charge in [-0.3, -0.25) is 4.79 Å². The molecule has 1 aromatic heterocycles. The Hall–Kier alpha value is -3.08. The molecule has 4 rings (SSSR count). The van der Waals surface area contributed by atoms with Gasteiger partial charge in [0.2, 0.25) is 0 Å². The molecule has 5 heteroatoms. The Bertz CT molecular complexity index is 984. The largest absolute Gasteiger partial charge is 0.507 e. The molecule has 1 aliphatic rings. The smallest absolute Gasteiger partial charge is 0.275 e. The van der Waals surface area contributed by atoms with Crippen LogP contribution in [0.5, 0.6) is 5.75 Å². The van der Waals surface area contributed by atoms with Crippen molar-refractivity contribution in [2.75, 3.05) is 0 Å². The van der Waals surface area contributed by atoms with E-state index in [9.17, 15) is 9.90 Å². The second-order valence-electron chi connectivity index (χ2n) is 7.10. The maximum absolute atomic E-state index is 12.4. The van der Waals surface area contributed by atoms with Crippen LogP contribution in [0.3, 0.4) is 0 Å². The van der Waals surface area contributed by atoms with Gasteiger partial charge in [-0.1, -0.05) is 43.5 Å². The molecule has 0 spiro atoms. The number of carbonyl (C=O) groups is 1. The van der Waals surface area contributed by atoms with Gasteiger partial charge in [0.1, 0.15) is 5.75 Å². The summed E-state index contributed by atoms with van der Waals surface area (Å²) in [5, 5.41) is 16.0. The number of hydrogen-bond donors (Lipinski definition) is 2. The molecule has 2 aromatic carbocycles. The van der Waals surface area contributed by atoms with Crippen LogP contribution in [0.4, 0.5) is 0 Å². The van der Waals surface area contributed by atoms with Crippen LogP contribution in [-0.4, -0.2) is 21.8 Å². The number of nitrogens with zero attached hydrogens (tertiary/aromatic N) is 2. The van der Waals surface area contributed by atoms with Gasteiger partial charge in [-0.2, -0.15) is 5.10 Å². The molecule has 5 nitrogen and oxygen atoms in total. The number of fused-ring (bicyclic) bond motifs is 1. The summed E-state index contributed by atoms with van der Waals surface area (Å²) in [5.41, 5.74) is 3.66. The van der Waals surface area contributed by atoms with Gasteiger partial charge in [0.05, 0.1) is 11.8 Å². The van der Waals surface area contributed by atoms with Gasteiger partial charge in [-0.25, -0.2) is 5.43 Å². The van der Waals surface area contributed by atoms with Gasteiger partial charge in [-0.15, -0.1) is 0 Å². The number of benzene rings is 2. The van der Waals surface area contributed by atoms with Crippen molar-refractivity contribution in [2.24, 2.45) is 5.10 Å². The molecule has 2 N–H and O–H groups in total. The Morgan fingerprint density at radius 2 is 1.85 bits per heavy atom. The number of phenols is 1. The number of carbonyl (C=O) groups excluding carboxylic acids is 1. The number of rotatable bonds is 4. The summed E-state index contributed by atoms with van der Waals surface area (Å²) < 4.78 is 2.25. The lowest BCUT2D eigenvalue weighted by molar-refractivity contribution is 0.0952. The van der Waals surface area contributed by atoms with Gasteiger partial charge >= 0.3 is 0 Å². The van der Waals surface area contributed by atoms with E-state index in [1.54, 1.807) is 18.3 Å². The van der Waals surface area contributed by atoms with Crippen LogP contribution < -0.4 is 5.43 Å². The predicted octanol–water partition coefficient (Wildman–Crippen LogP) is 4.62. The lowest BCUT2D eigenvalue weighted by Gasteiger charge is -2.23. The number of aromatic nitrogens is 1. The zero-order chi connectivity index (χ0) is 18.6. The summed E-state index contributed by atoms with van der Waals surface area (Å²) in [6.07, 6.45) is 12.1. The number of aromatic hydroxyl groups is 1. The van der Waals surface area contributed by atoms with Crippen molar-refractivity contribution in [3.63, 3.8) is 0 Å². The van der Waals surface area contributed by atoms with Crippen molar-refractivity contribution in [1.29, 1.82) is 0 Å². The zero-order valence-corrected chi connectivity index (χ0v) is 15.1. The van der Waals surface area contributed by atoms with Gasteiger partial charge < -0.3 is 9.67 Å². The molecule has 0 saturated heterocycles. The van der Waals surface area contributed by atoms with E-state index in [1.165, 1.54) is 32.1 Å². The Morgan fingerprint density at radius 1 is 1.11 bits per heavy atom. The molecule has 3 aromatic rings. The maximum Gasteiger partial charge on any atom is 0.275 e. The Labute approximate surface area is 158 Å². The van der Waals surface area contributed by atoms with Gasteiger partial charge in [0, 0.05) is 24.0 Å². The molecule has 0 bridgehead atoms. The van der Waals surface area contributed by atoms with Crippen LogP contribution in [0.15, 0.2) is 60.0 Å². The van der Waals surface area contributed by atoms with Gasteiger partial charge in [0.15, 0.2) is 0 Å². The van der Waals surface area contributed by atoms with E-state index in [2.05, 4.69) is 27.5 Å². The van der Waals surface area contributed by atoms with Crippen molar-refractivity contribution in [1.82, 2.24) is 9.99 Å². The summed E-state index contributed by atoms with van der Waals surface area (Å²) >= 11 is 0. The molecule has 0 atom stereocenters. The molecule has 0 aliphatic heterocycles. The molecular weight excluding hydrogens is 338 g/mol. The molecule has 1 aliphatic carbocycles. The SMILES string of the molecule is O=C(N/N=C\c1ccn(C2CCCCC2)c1)c1cc2ccccc2cc1O. The minimum absolute atomic E-state index is 0.0511. The minimum atomic E-state index is -0.429. The highest BCUT2D eigenvalue weighted by molar-refractivity contribution is 6.01. The van der Waals surface area contributed by atoms with Crippen LogP contribution in [0.1, 0.15) is 54.1 Å². The number of hydrazone groups is 1. The lowest BCUT2D eigenvalue weighted by Crippen LogP contribution is -2.17. The summed E-state index contributed by atoms with van der Waals surface area (Å²) in [4.78, 5) is 12.4. The molecule has 138 valence electrons. The second kappa shape index (κ2) is 7.66. The predicted molar refractivity (Wildman–Crippen MR) is 107 cm³/mol. The van der Waals surface area contributed by atoms with Crippen LogP contribution in [-0.2, 0) is 0 Å². The summed E-state index contributed by atoms with van der Waals surface area (Å²) in [7, 11) is 0. The van der Waals surface area contributed by atoms with Crippen LogP contribution >= 0.6 is 0 Å². The number of nitrogens with one attached hydrogen (secondary N) is 1. The molecule has 0 radical (unpaired) electrons. The first-order valence-electron chi connectivity index (χ1n) is 9.43. The zero-order valence-electron chi connectivity index (χ0n) is 15.1. The van der Waals surface area contributed by atoms with Crippen molar-refractivity contribution in [2.45, 2.75) is 38.1 Å². The standard InChI is InChI=1S/C22H23N3O2/c26-21-13-18-7-5-4-6-17(18)12-20(21)22(27)24-23-14-16-10-11-25(15-16)19-8-2-1-3-9-19/h4-7,10-15,19,26H,1-3,8-9H2,(H,24,27)/b23-14-. The maximum atomic E-state index is 12.4. The summed E-state index contributed by atoms with van der Waals surface area (Å²) in [6.45, 7) is 0. The molecular formula is C22H23N3O2. The highest BCUT2D eigenvalue weighted by Crippen LogP contribution is 2.28. The van der Waals surface area contributed by atoms with Crippen molar-refractivity contribution in [3.8, 4) is 5.75 Å². The van der Waals surface area contributed by atoms with E-state index in [-0.39, 0.29) is 11.3 Å². The van der Waals surface area contributed by atoms with E-state index in [0.717, 1.165) is 16.3 Å². The Morgan fingerprint density at radius 3 is 2.63 bits per heavy atom. The quantitative estimate of drug-likeness (QED) is 0.526. The third-order valence-corrected chi connectivity index (χ3v) is 5.22. The summed E-state index contributed by atoms with van der Waals surface area (Å²) in [6, 6.07) is 13.4. The van der Waals surface area contributed by atoms with Gasteiger partial charge in [0.25, 0.3) is 5.91 Å². The highest BCUT2D eigenvalue weighted by atomic mass is 16.3. The van der Waals surface area contributed by atoms with Crippen LogP contribution in [0, 0.1) is 0 Å². The van der Waals surface area contributed by atoms with Crippen molar-refractivity contribution in [3.05, 3.63) is 66.0 Å². The molecule has 1 heterocycles. The fraction of sp³-hybridized carbons (Fsp3) is 0.273. The van der Waals surface area contributed by atoms with Crippen molar-refractivity contribution < 1.29 is 9.90 Å². The number of amides is 1. The average molecular weight is 361 g/mol. The van der Waals surface area contributed by atoms with E-state index in [4.69, 9.17) is 0 Å². The molecule has 1 amide bonds. The van der Waals surface area contributed by atoms with Crippen LogP contribution in [0.25, 0.3) is 10.8 Å². The van der Waals surface area contributed by atoms with E-state index >= 15 is 0 Å². The normalized spacial score (nSPS) is 15.4. The first-order chi connectivity index (χ1) is 13.2. The monoisotopic (exact) mass is 361 g/mol. The fourth-order valence-corrected chi connectivity index (χ4v) is 3.75. The first-order valence-corrected chi connectivity index (χ1v) is 9.43. The number of phenolic OH excluding ortho intramolecular Hbond substituents is 1. The van der Waals surface area contributed by atoms with Gasteiger partial charge in [-0.05, 0) is 41.8 Å². The van der Waals surface area contributed by atoms with E-state index in [1.807, 2.05) is 30.3 Å². The summed E-state index contributed by atoms with van der Waals surface area (Å²) in [5.74, 6) is -0.480. The topological polar surface area (TPSA) is 66.6 Å². The molecule has 27 heavy (non-hydrogen) atoms. The van der Waals surface area contributed by atoms with Crippen LogP contribution in [0.2, 0.25) is 0 Å². The Balaban J connectivity index is 1.43. The van der Waals surface area contributed by atoms with Crippen molar-refractivity contribution >= 4 is 22.9 Å². The lowest BCUT2D eigenvalue weighted by atomic mass is 9.95. The molecule has 1 saturated carbocycles. The van der Waals surface area contributed by atoms with E-state index < -0.39 is 5.91 Å². The van der Waals surface area contributed by atoms with E-state index in [0.29, 0.717) is 6.04 Å². The second-order valence-corrected chi connectivity index (χ2v) is 7.10. The number of hydrogen-bond acceptors (Lipinski definition) is 3. The molecule has 0 unspecified atom stereocenters. The first kappa shape index (κ1) is 17.3. The Kier molecular flexibility index (Phi) is 4.92. The molecule has 1 fully saturated rings. The third-order valence-electron chi connectivity index (χ3n) is 5.22. The average Bonchev–Trinajstić information content (AvgIpc) is 3.17. The fourth-order valence-electron chi connectivity index (χ4n) is 3.75. The highest BCUT2D eigenvalue weighted by Gasteiger charge is 2.15.